The molecule has 1 aromatic heterocycles. The largest absolute Gasteiger partial charge is 0.337 e. The maximum Gasteiger partial charge on any atom is 0.222 e. The summed E-state index contributed by atoms with van der Waals surface area (Å²) in [4.78, 5) is 18.2. The third-order valence-corrected chi connectivity index (χ3v) is 3.16. The van der Waals surface area contributed by atoms with Crippen molar-refractivity contribution in [3.05, 3.63) is 30.1 Å². The molecular weight excluding hydrogens is 309 g/mol. The highest BCUT2D eigenvalue weighted by molar-refractivity contribution is 5.85. The number of unbranched alkanes of at least 4 members (excludes halogenated alkanes) is 3. The number of hydrogen-bond donors (Lipinski definition) is 1. The maximum atomic E-state index is 12.1. The van der Waals surface area contributed by atoms with E-state index in [0.29, 0.717) is 13.0 Å². The molecule has 1 aromatic rings. The second-order valence-corrected chi connectivity index (χ2v) is 4.68. The zero-order valence-corrected chi connectivity index (χ0v) is 14.3. The van der Waals surface area contributed by atoms with Gasteiger partial charge in [-0.05, 0) is 38.4 Å². The van der Waals surface area contributed by atoms with Gasteiger partial charge in [-0.15, -0.1) is 24.8 Å². The van der Waals surface area contributed by atoms with E-state index >= 15 is 0 Å². The van der Waals surface area contributed by atoms with Crippen LogP contribution in [0.3, 0.4) is 0 Å². The Balaban J connectivity index is 0. The number of amides is 1. The van der Waals surface area contributed by atoms with Crippen LogP contribution in [0.25, 0.3) is 0 Å². The van der Waals surface area contributed by atoms with Crippen LogP contribution in [-0.2, 0) is 11.3 Å². The van der Waals surface area contributed by atoms with Gasteiger partial charge in [-0.3, -0.25) is 9.78 Å². The average molecular weight is 336 g/mol. The highest BCUT2D eigenvalue weighted by atomic mass is 35.5. The molecule has 122 valence electrons. The lowest BCUT2D eigenvalue weighted by molar-refractivity contribution is -0.131. The summed E-state index contributed by atoms with van der Waals surface area (Å²) in [5.74, 6) is 0.223. The molecule has 0 aliphatic carbocycles. The van der Waals surface area contributed by atoms with E-state index in [4.69, 9.17) is 5.73 Å². The van der Waals surface area contributed by atoms with Crippen LogP contribution in [0, 0.1) is 0 Å². The predicted molar refractivity (Wildman–Crippen MR) is 92.0 cm³/mol. The van der Waals surface area contributed by atoms with E-state index < -0.39 is 0 Å². The topological polar surface area (TPSA) is 59.2 Å². The number of aromatic nitrogens is 1. The van der Waals surface area contributed by atoms with Gasteiger partial charge in [-0.25, -0.2) is 0 Å². The monoisotopic (exact) mass is 335 g/mol. The van der Waals surface area contributed by atoms with Crippen LogP contribution in [0.4, 0.5) is 0 Å². The maximum absolute atomic E-state index is 12.1. The quantitative estimate of drug-likeness (QED) is 0.705. The number of carbonyl (C=O) groups excluding carboxylic acids is 1. The Labute approximate surface area is 140 Å². The van der Waals surface area contributed by atoms with Crippen molar-refractivity contribution in [2.45, 2.75) is 45.6 Å². The highest BCUT2D eigenvalue weighted by Gasteiger charge is 2.11. The Morgan fingerprint density at radius 1 is 1.19 bits per heavy atom. The van der Waals surface area contributed by atoms with Gasteiger partial charge >= 0.3 is 0 Å². The number of hydrogen-bond acceptors (Lipinski definition) is 3. The van der Waals surface area contributed by atoms with E-state index in [-0.39, 0.29) is 30.7 Å². The molecule has 21 heavy (non-hydrogen) atoms. The molecule has 0 spiro atoms. The van der Waals surface area contributed by atoms with Gasteiger partial charge < -0.3 is 10.6 Å². The molecule has 1 amide bonds. The van der Waals surface area contributed by atoms with Crippen molar-refractivity contribution in [3.8, 4) is 0 Å². The first-order valence-corrected chi connectivity index (χ1v) is 7.15. The third-order valence-electron chi connectivity index (χ3n) is 3.16. The first kappa shape index (κ1) is 22.4. The fourth-order valence-corrected chi connectivity index (χ4v) is 2.00. The van der Waals surface area contributed by atoms with Gasteiger partial charge in [0.2, 0.25) is 5.91 Å². The molecule has 0 aliphatic rings. The van der Waals surface area contributed by atoms with Crippen LogP contribution in [0.5, 0.6) is 0 Å². The molecule has 0 radical (unpaired) electrons. The lowest BCUT2D eigenvalue weighted by Gasteiger charge is -2.20. The van der Waals surface area contributed by atoms with Crippen molar-refractivity contribution in [1.82, 2.24) is 9.88 Å². The Kier molecular flexibility index (Phi) is 15.1. The number of nitrogens with two attached hydrogens (primary N) is 1. The normalized spacial score (nSPS) is 9.43. The van der Waals surface area contributed by atoms with E-state index in [1.807, 2.05) is 30.0 Å². The third kappa shape index (κ3) is 9.67. The number of nitrogens with zero attached hydrogens (tertiary/aromatic N) is 2. The number of halogens is 2. The molecule has 0 aromatic carbocycles. The van der Waals surface area contributed by atoms with Gasteiger partial charge in [0.15, 0.2) is 0 Å². The number of carbonyl (C=O) groups is 1. The van der Waals surface area contributed by atoms with Gasteiger partial charge in [0.1, 0.15) is 0 Å². The zero-order chi connectivity index (χ0) is 13.9. The van der Waals surface area contributed by atoms with Gasteiger partial charge in [0, 0.05) is 19.2 Å². The molecular formula is C15H27Cl2N3O. The van der Waals surface area contributed by atoms with Crippen LogP contribution in [0.1, 0.15) is 44.7 Å². The summed E-state index contributed by atoms with van der Waals surface area (Å²) in [6.45, 7) is 4.10. The molecule has 0 fully saturated rings. The Hall–Kier alpha value is -0.840. The minimum atomic E-state index is 0. The minimum Gasteiger partial charge on any atom is -0.337 e. The number of rotatable bonds is 9. The van der Waals surface area contributed by atoms with Gasteiger partial charge in [-0.2, -0.15) is 0 Å². The van der Waals surface area contributed by atoms with Gasteiger partial charge in [0.05, 0.1) is 12.2 Å². The van der Waals surface area contributed by atoms with Crippen molar-refractivity contribution in [3.63, 3.8) is 0 Å². The summed E-state index contributed by atoms with van der Waals surface area (Å²) in [5, 5.41) is 0. The molecule has 1 rings (SSSR count). The SMILES string of the molecule is CCN(Cc1ccccn1)C(=O)CCCCCCN.Cl.Cl. The molecule has 4 nitrogen and oxygen atoms in total. The fourth-order valence-electron chi connectivity index (χ4n) is 2.00. The standard InChI is InChI=1S/C15H25N3O.2ClH/c1-2-18(13-14-9-6-8-12-17-14)15(19)10-5-3-4-7-11-16;;/h6,8-9,12H,2-5,7,10-11,13,16H2,1H3;2*1H. The van der Waals surface area contributed by atoms with Gasteiger partial charge in [0.25, 0.3) is 0 Å². The Bertz CT molecular complexity index is 363. The predicted octanol–water partition coefficient (Wildman–Crippen LogP) is 3.18. The summed E-state index contributed by atoms with van der Waals surface area (Å²) >= 11 is 0. The molecule has 0 saturated heterocycles. The number of pyridine rings is 1. The average Bonchev–Trinajstić information content (AvgIpc) is 2.45. The van der Waals surface area contributed by atoms with Crippen molar-refractivity contribution in [1.29, 1.82) is 0 Å². The second kappa shape index (κ2) is 14.1. The minimum absolute atomic E-state index is 0. The summed E-state index contributed by atoms with van der Waals surface area (Å²) in [5.41, 5.74) is 6.39. The molecule has 0 aliphatic heterocycles. The molecule has 1 heterocycles. The lowest BCUT2D eigenvalue weighted by atomic mass is 10.1. The summed E-state index contributed by atoms with van der Waals surface area (Å²) < 4.78 is 0. The molecule has 0 unspecified atom stereocenters. The van der Waals surface area contributed by atoms with Crippen LogP contribution >= 0.6 is 24.8 Å². The Morgan fingerprint density at radius 3 is 2.48 bits per heavy atom. The smallest absolute Gasteiger partial charge is 0.222 e. The van der Waals surface area contributed by atoms with Crippen LogP contribution in [0.15, 0.2) is 24.4 Å². The van der Waals surface area contributed by atoms with Crippen LogP contribution in [-0.4, -0.2) is 28.9 Å². The van der Waals surface area contributed by atoms with E-state index in [2.05, 4.69) is 4.98 Å². The second-order valence-electron chi connectivity index (χ2n) is 4.68. The van der Waals surface area contributed by atoms with Crippen LogP contribution < -0.4 is 5.73 Å². The Morgan fingerprint density at radius 2 is 1.90 bits per heavy atom. The molecule has 2 N–H and O–H groups in total. The van der Waals surface area contributed by atoms with Crippen molar-refractivity contribution >= 4 is 30.7 Å². The summed E-state index contributed by atoms with van der Waals surface area (Å²) in [6, 6.07) is 5.80. The first-order chi connectivity index (χ1) is 9.27. The van der Waals surface area contributed by atoms with E-state index in [1.54, 1.807) is 6.20 Å². The van der Waals surface area contributed by atoms with E-state index in [0.717, 1.165) is 44.5 Å². The molecule has 6 heteroatoms. The van der Waals surface area contributed by atoms with Crippen molar-refractivity contribution in [2.75, 3.05) is 13.1 Å². The van der Waals surface area contributed by atoms with Crippen LogP contribution in [0.2, 0.25) is 0 Å². The van der Waals surface area contributed by atoms with E-state index in [9.17, 15) is 4.79 Å². The van der Waals surface area contributed by atoms with E-state index in [1.165, 1.54) is 0 Å². The summed E-state index contributed by atoms with van der Waals surface area (Å²) in [7, 11) is 0. The summed E-state index contributed by atoms with van der Waals surface area (Å²) in [6.07, 6.45) is 6.61. The molecule has 0 bridgehead atoms. The molecule has 0 atom stereocenters. The lowest BCUT2D eigenvalue weighted by Crippen LogP contribution is -2.30. The fraction of sp³-hybridized carbons (Fsp3) is 0.600. The highest BCUT2D eigenvalue weighted by Crippen LogP contribution is 2.08. The van der Waals surface area contributed by atoms with Crippen molar-refractivity contribution < 1.29 is 4.79 Å². The zero-order valence-electron chi connectivity index (χ0n) is 12.7. The van der Waals surface area contributed by atoms with Crippen molar-refractivity contribution in [2.24, 2.45) is 5.73 Å². The first-order valence-electron chi connectivity index (χ1n) is 7.15. The molecule has 0 saturated carbocycles. The van der Waals surface area contributed by atoms with Gasteiger partial charge in [-0.1, -0.05) is 18.9 Å².